The molecule has 1 aliphatic heterocycles. The van der Waals surface area contributed by atoms with Crippen molar-refractivity contribution in [3.8, 4) is 0 Å². The van der Waals surface area contributed by atoms with Crippen molar-refractivity contribution >= 4 is 11.7 Å². The zero-order valence-electron chi connectivity index (χ0n) is 9.52. The van der Waals surface area contributed by atoms with Crippen molar-refractivity contribution in [3.63, 3.8) is 0 Å². The molecule has 4 heteroatoms. The summed E-state index contributed by atoms with van der Waals surface area (Å²) < 4.78 is 0. The van der Waals surface area contributed by atoms with E-state index >= 15 is 0 Å². The summed E-state index contributed by atoms with van der Waals surface area (Å²) in [6.07, 6.45) is 4.53. The lowest BCUT2D eigenvalue weighted by atomic mass is 10.1. The Bertz CT molecular complexity index is 347. The third kappa shape index (κ3) is 2.58. The van der Waals surface area contributed by atoms with Gasteiger partial charge in [0.15, 0.2) is 0 Å². The molecule has 0 saturated carbocycles. The summed E-state index contributed by atoms with van der Waals surface area (Å²) >= 11 is 0. The molecule has 1 N–H and O–H groups in total. The van der Waals surface area contributed by atoms with E-state index in [1.165, 1.54) is 6.42 Å². The Morgan fingerprint density at radius 1 is 1.62 bits per heavy atom. The molecular weight excluding hydrogens is 202 g/mol. The maximum absolute atomic E-state index is 11.9. The highest BCUT2D eigenvalue weighted by atomic mass is 16.2. The fourth-order valence-electron chi connectivity index (χ4n) is 1.96. The van der Waals surface area contributed by atoms with Crippen molar-refractivity contribution in [2.75, 3.05) is 18.5 Å². The second kappa shape index (κ2) is 5.07. The highest BCUT2D eigenvalue weighted by molar-refractivity contribution is 5.92. The van der Waals surface area contributed by atoms with Crippen LogP contribution in [0.1, 0.15) is 19.3 Å². The van der Waals surface area contributed by atoms with Gasteiger partial charge in [0, 0.05) is 25.7 Å². The van der Waals surface area contributed by atoms with Crippen molar-refractivity contribution in [2.24, 2.45) is 0 Å². The molecule has 0 spiro atoms. The number of aromatic nitrogens is 1. The zero-order valence-corrected chi connectivity index (χ0v) is 9.52. The lowest BCUT2D eigenvalue weighted by Gasteiger charge is -2.18. The number of hydrogen-bond acceptors (Lipinski definition) is 3. The first-order valence-corrected chi connectivity index (χ1v) is 5.68. The van der Waals surface area contributed by atoms with E-state index in [4.69, 9.17) is 0 Å². The zero-order chi connectivity index (χ0) is 11.4. The monoisotopic (exact) mass is 219 g/mol. The van der Waals surface area contributed by atoms with E-state index in [-0.39, 0.29) is 5.91 Å². The number of rotatable bonds is 3. The number of amides is 1. The molecule has 16 heavy (non-hydrogen) atoms. The van der Waals surface area contributed by atoms with Gasteiger partial charge in [0.25, 0.3) is 0 Å². The van der Waals surface area contributed by atoms with E-state index in [1.54, 1.807) is 18.1 Å². The van der Waals surface area contributed by atoms with Crippen LogP contribution in [0.15, 0.2) is 24.4 Å². The molecular formula is C12H17N3O. The summed E-state index contributed by atoms with van der Waals surface area (Å²) in [5, 5.41) is 3.33. The fourth-order valence-corrected chi connectivity index (χ4v) is 1.96. The van der Waals surface area contributed by atoms with Crippen molar-refractivity contribution in [1.82, 2.24) is 10.3 Å². The predicted molar refractivity (Wildman–Crippen MR) is 63.3 cm³/mol. The molecule has 0 aromatic carbocycles. The maximum atomic E-state index is 11.9. The van der Waals surface area contributed by atoms with Crippen LogP contribution in [0, 0.1) is 0 Å². The van der Waals surface area contributed by atoms with Crippen LogP contribution in [0.2, 0.25) is 0 Å². The van der Waals surface area contributed by atoms with Crippen molar-refractivity contribution in [1.29, 1.82) is 0 Å². The van der Waals surface area contributed by atoms with Gasteiger partial charge in [-0.3, -0.25) is 9.69 Å². The lowest BCUT2D eigenvalue weighted by molar-refractivity contribution is -0.118. The number of carbonyl (C=O) groups is 1. The Hall–Kier alpha value is -1.42. The third-order valence-corrected chi connectivity index (χ3v) is 2.95. The molecule has 2 rings (SSSR count). The average Bonchev–Trinajstić information content (AvgIpc) is 2.82. The van der Waals surface area contributed by atoms with Crippen LogP contribution in [-0.4, -0.2) is 30.5 Å². The number of anilines is 1. The fraction of sp³-hybridized carbons (Fsp3) is 0.500. The number of nitrogens with zero attached hydrogens (tertiary/aromatic N) is 2. The second-order valence-corrected chi connectivity index (χ2v) is 4.14. The van der Waals surface area contributed by atoms with Gasteiger partial charge < -0.3 is 5.32 Å². The van der Waals surface area contributed by atoms with E-state index in [2.05, 4.69) is 10.3 Å². The first-order chi connectivity index (χ1) is 7.77. The van der Waals surface area contributed by atoms with Crippen LogP contribution in [-0.2, 0) is 4.79 Å². The molecule has 0 aliphatic carbocycles. The third-order valence-electron chi connectivity index (χ3n) is 2.95. The number of hydrogen-bond donors (Lipinski definition) is 1. The minimum atomic E-state index is 0.123. The van der Waals surface area contributed by atoms with Crippen LogP contribution in [0.3, 0.4) is 0 Å². The normalized spacial score (nSPS) is 19.7. The summed E-state index contributed by atoms with van der Waals surface area (Å²) in [6, 6.07) is 5.93. The minimum absolute atomic E-state index is 0.123. The predicted octanol–water partition coefficient (Wildman–Crippen LogP) is 1.19. The molecule has 1 aliphatic rings. The van der Waals surface area contributed by atoms with E-state index in [9.17, 15) is 4.79 Å². The van der Waals surface area contributed by atoms with Gasteiger partial charge in [-0.1, -0.05) is 6.07 Å². The summed E-state index contributed by atoms with van der Waals surface area (Å²) in [6.45, 7) is 1.03. The number of carbonyl (C=O) groups excluding carboxylic acids is 1. The van der Waals surface area contributed by atoms with Crippen LogP contribution in [0.5, 0.6) is 0 Å². The number of nitrogens with one attached hydrogen (secondary N) is 1. The van der Waals surface area contributed by atoms with Gasteiger partial charge in [0.1, 0.15) is 5.82 Å². The quantitative estimate of drug-likeness (QED) is 0.830. The summed E-state index contributed by atoms with van der Waals surface area (Å²) in [4.78, 5) is 17.7. The molecule has 86 valence electrons. The Morgan fingerprint density at radius 3 is 3.12 bits per heavy atom. The molecule has 1 saturated heterocycles. The average molecular weight is 219 g/mol. The van der Waals surface area contributed by atoms with Gasteiger partial charge in [-0.15, -0.1) is 0 Å². The molecule has 4 nitrogen and oxygen atoms in total. The van der Waals surface area contributed by atoms with Crippen molar-refractivity contribution in [2.45, 2.75) is 25.3 Å². The SMILES string of the molecule is CN(C(=O)CC1CCCN1)c1ccccn1. The maximum Gasteiger partial charge on any atom is 0.229 e. The number of pyridine rings is 1. The molecule has 1 atom stereocenters. The second-order valence-electron chi connectivity index (χ2n) is 4.14. The Balaban J connectivity index is 1.94. The van der Waals surface area contributed by atoms with E-state index in [0.717, 1.165) is 13.0 Å². The van der Waals surface area contributed by atoms with Gasteiger partial charge >= 0.3 is 0 Å². The summed E-state index contributed by atoms with van der Waals surface area (Å²) in [5.74, 6) is 0.837. The van der Waals surface area contributed by atoms with Crippen LogP contribution in [0.4, 0.5) is 5.82 Å². The highest BCUT2D eigenvalue weighted by Crippen LogP contribution is 2.13. The largest absolute Gasteiger partial charge is 0.313 e. The van der Waals surface area contributed by atoms with Gasteiger partial charge in [-0.05, 0) is 31.5 Å². The lowest BCUT2D eigenvalue weighted by Crippen LogP contribution is -2.33. The van der Waals surface area contributed by atoms with Crippen molar-refractivity contribution in [3.05, 3.63) is 24.4 Å². The highest BCUT2D eigenvalue weighted by Gasteiger charge is 2.20. The summed E-state index contributed by atoms with van der Waals surface area (Å²) in [7, 11) is 1.78. The van der Waals surface area contributed by atoms with E-state index in [0.29, 0.717) is 18.3 Å². The molecule has 1 unspecified atom stereocenters. The van der Waals surface area contributed by atoms with Crippen LogP contribution < -0.4 is 10.2 Å². The first-order valence-electron chi connectivity index (χ1n) is 5.68. The van der Waals surface area contributed by atoms with Gasteiger partial charge in [-0.2, -0.15) is 0 Å². The molecule has 2 heterocycles. The molecule has 0 radical (unpaired) electrons. The Labute approximate surface area is 95.7 Å². The Morgan fingerprint density at radius 2 is 2.50 bits per heavy atom. The molecule has 0 bridgehead atoms. The first kappa shape index (κ1) is 11.1. The van der Waals surface area contributed by atoms with E-state index < -0.39 is 0 Å². The smallest absolute Gasteiger partial charge is 0.229 e. The van der Waals surface area contributed by atoms with Crippen LogP contribution >= 0.6 is 0 Å². The van der Waals surface area contributed by atoms with Crippen LogP contribution in [0.25, 0.3) is 0 Å². The summed E-state index contributed by atoms with van der Waals surface area (Å²) in [5.41, 5.74) is 0. The van der Waals surface area contributed by atoms with Gasteiger partial charge in [0.05, 0.1) is 0 Å². The topological polar surface area (TPSA) is 45.2 Å². The van der Waals surface area contributed by atoms with Gasteiger partial charge in [0.2, 0.25) is 5.91 Å². The minimum Gasteiger partial charge on any atom is -0.313 e. The standard InChI is InChI=1S/C12H17N3O/c1-15(11-6-2-3-7-14-11)12(16)9-10-5-4-8-13-10/h2-3,6-7,10,13H,4-5,8-9H2,1H3. The molecule has 1 fully saturated rings. The van der Waals surface area contributed by atoms with E-state index in [1.807, 2.05) is 18.2 Å². The van der Waals surface area contributed by atoms with Crippen molar-refractivity contribution < 1.29 is 4.79 Å². The Kier molecular flexibility index (Phi) is 3.51. The molecule has 1 aromatic rings. The molecule has 1 aromatic heterocycles. The molecule has 1 amide bonds. The van der Waals surface area contributed by atoms with Gasteiger partial charge in [-0.25, -0.2) is 4.98 Å².